The Morgan fingerprint density at radius 3 is 2.44 bits per heavy atom. The molecule has 18 heavy (non-hydrogen) atoms. The molecule has 0 aromatic rings. The smallest absolute Gasteiger partial charge is 0.314 e. The second kappa shape index (κ2) is 7.37. The van der Waals surface area contributed by atoms with E-state index in [-0.39, 0.29) is 6.42 Å². The number of hydrogen-bond acceptors (Lipinski definition) is 1. The molecule has 1 rings (SSSR count). The first-order valence-corrected chi connectivity index (χ1v) is 7.18. The molecule has 4 heteroatoms. The lowest BCUT2D eigenvalue weighted by molar-refractivity contribution is -0.135. The third-order valence-electron chi connectivity index (χ3n) is 4.03. The molecule has 0 spiro atoms. The van der Waals surface area contributed by atoms with Crippen molar-refractivity contribution in [1.29, 1.82) is 0 Å². The molecule has 0 aromatic carbocycles. The average Bonchev–Trinajstić information content (AvgIpc) is 2.48. The number of hydrogen-bond donors (Lipinski definition) is 1. The van der Waals surface area contributed by atoms with Crippen LogP contribution < -0.4 is 5.32 Å². The summed E-state index contributed by atoms with van der Waals surface area (Å²) in [7, 11) is 0. The zero-order chi connectivity index (χ0) is 13.6. The van der Waals surface area contributed by atoms with E-state index in [9.17, 15) is 13.2 Å². The molecule has 1 fully saturated rings. The number of halogens is 3. The largest absolute Gasteiger partial charge is 0.389 e. The summed E-state index contributed by atoms with van der Waals surface area (Å²) in [4.78, 5) is 0. The van der Waals surface area contributed by atoms with Crippen molar-refractivity contribution in [2.24, 2.45) is 11.8 Å². The third kappa shape index (κ3) is 6.62. The van der Waals surface area contributed by atoms with Gasteiger partial charge in [0.15, 0.2) is 0 Å². The number of alkyl halides is 3. The van der Waals surface area contributed by atoms with Crippen LogP contribution >= 0.6 is 0 Å². The van der Waals surface area contributed by atoms with Gasteiger partial charge in [-0.1, -0.05) is 26.7 Å². The van der Waals surface area contributed by atoms with Crippen LogP contribution in [0.15, 0.2) is 0 Å². The summed E-state index contributed by atoms with van der Waals surface area (Å²) in [6, 6.07) is 0.432. The van der Waals surface area contributed by atoms with Crippen molar-refractivity contribution < 1.29 is 13.2 Å². The Morgan fingerprint density at radius 1 is 1.11 bits per heavy atom. The van der Waals surface area contributed by atoms with Crippen molar-refractivity contribution in [2.75, 3.05) is 6.54 Å². The van der Waals surface area contributed by atoms with E-state index in [0.29, 0.717) is 12.6 Å². The van der Waals surface area contributed by atoms with Crippen LogP contribution in [0, 0.1) is 11.8 Å². The molecular formula is C14H26F3N. The quantitative estimate of drug-likeness (QED) is 0.569. The van der Waals surface area contributed by atoms with E-state index in [0.717, 1.165) is 24.7 Å². The summed E-state index contributed by atoms with van der Waals surface area (Å²) in [5.41, 5.74) is 0. The van der Waals surface area contributed by atoms with Gasteiger partial charge in [-0.05, 0) is 44.1 Å². The third-order valence-corrected chi connectivity index (χ3v) is 4.03. The van der Waals surface area contributed by atoms with E-state index in [1.807, 2.05) is 0 Å². The fourth-order valence-electron chi connectivity index (χ4n) is 2.80. The molecule has 0 heterocycles. The summed E-state index contributed by atoms with van der Waals surface area (Å²) >= 11 is 0. The zero-order valence-corrected chi connectivity index (χ0v) is 11.5. The second-order valence-electron chi connectivity index (χ2n) is 5.88. The molecule has 1 aliphatic carbocycles. The summed E-state index contributed by atoms with van der Waals surface area (Å²) in [6.07, 6.45) is 1.47. The fourth-order valence-corrected chi connectivity index (χ4v) is 2.80. The fraction of sp³-hybridized carbons (Fsp3) is 1.00. The highest BCUT2D eigenvalue weighted by molar-refractivity contribution is 4.76. The minimum absolute atomic E-state index is 0.202. The van der Waals surface area contributed by atoms with Crippen LogP contribution in [0.4, 0.5) is 13.2 Å². The number of rotatable bonds is 5. The molecule has 0 radical (unpaired) electrons. The number of nitrogens with one attached hydrogen (secondary N) is 1. The van der Waals surface area contributed by atoms with Gasteiger partial charge in [0.25, 0.3) is 0 Å². The molecule has 2 unspecified atom stereocenters. The molecule has 108 valence electrons. The maximum atomic E-state index is 12.0. The highest BCUT2D eigenvalue weighted by atomic mass is 19.4. The van der Waals surface area contributed by atoms with Crippen molar-refractivity contribution in [3.63, 3.8) is 0 Å². The van der Waals surface area contributed by atoms with Gasteiger partial charge in [-0.15, -0.1) is 0 Å². The maximum Gasteiger partial charge on any atom is 0.389 e. The van der Waals surface area contributed by atoms with Crippen LogP contribution in [0.1, 0.15) is 58.8 Å². The molecule has 1 N–H and O–H groups in total. The zero-order valence-electron chi connectivity index (χ0n) is 11.5. The summed E-state index contributed by atoms with van der Waals surface area (Å²) in [6.45, 7) is 5.03. The van der Waals surface area contributed by atoms with E-state index in [4.69, 9.17) is 0 Å². The summed E-state index contributed by atoms with van der Waals surface area (Å²) < 4.78 is 36.0. The molecule has 0 saturated heterocycles. The summed E-state index contributed by atoms with van der Waals surface area (Å²) in [5, 5.41) is 3.29. The van der Waals surface area contributed by atoms with Gasteiger partial charge in [-0.3, -0.25) is 0 Å². The van der Waals surface area contributed by atoms with E-state index >= 15 is 0 Å². The molecular weight excluding hydrogens is 239 g/mol. The van der Waals surface area contributed by atoms with Crippen LogP contribution in [0.3, 0.4) is 0 Å². The monoisotopic (exact) mass is 265 g/mol. The van der Waals surface area contributed by atoms with Crippen LogP contribution in [0.2, 0.25) is 0 Å². The molecule has 0 amide bonds. The Kier molecular flexibility index (Phi) is 6.47. The highest BCUT2D eigenvalue weighted by Gasteiger charge is 2.26. The van der Waals surface area contributed by atoms with Gasteiger partial charge >= 0.3 is 6.18 Å². The lowest BCUT2D eigenvalue weighted by Gasteiger charge is -2.19. The Morgan fingerprint density at radius 2 is 1.83 bits per heavy atom. The van der Waals surface area contributed by atoms with E-state index < -0.39 is 12.6 Å². The van der Waals surface area contributed by atoms with Crippen LogP contribution in [0.5, 0.6) is 0 Å². The lowest BCUT2D eigenvalue weighted by Crippen LogP contribution is -2.30. The maximum absolute atomic E-state index is 12.0. The Bertz CT molecular complexity index is 226. The molecule has 1 aliphatic rings. The van der Waals surface area contributed by atoms with Gasteiger partial charge in [0.2, 0.25) is 0 Å². The molecule has 1 nitrogen and oxygen atoms in total. The predicted octanol–water partition coefficient (Wildman–Crippen LogP) is 4.52. The van der Waals surface area contributed by atoms with E-state index in [1.165, 1.54) is 19.3 Å². The Hall–Kier alpha value is -0.250. The van der Waals surface area contributed by atoms with E-state index in [1.54, 1.807) is 0 Å². The van der Waals surface area contributed by atoms with Crippen LogP contribution in [-0.4, -0.2) is 18.8 Å². The first-order valence-electron chi connectivity index (χ1n) is 7.18. The van der Waals surface area contributed by atoms with Crippen molar-refractivity contribution in [3.8, 4) is 0 Å². The minimum atomic E-state index is -4.01. The normalized spacial score (nSPS) is 26.3. The first kappa shape index (κ1) is 15.8. The topological polar surface area (TPSA) is 12.0 Å². The standard InChI is InChI=1S/C14H26F3N/c1-11(2)12-5-3-6-13(8-7-12)18-10-4-9-14(15,16)17/h11-13,18H,3-10H2,1-2H3. The van der Waals surface area contributed by atoms with Crippen molar-refractivity contribution in [1.82, 2.24) is 5.32 Å². The van der Waals surface area contributed by atoms with E-state index in [2.05, 4.69) is 19.2 Å². The van der Waals surface area contributed by atoms with Gasteiger partial charge in [0, 0.05) is 12.5 Å². The first-order chi connectivity index (χ1) is 8.38. The minimum Gasteiger partial charge on any atom is -0.314 e. The SMILES string of the molecule is CC(C)C1CCCC(NCCCC(F)(F)F)CC1. The predicted molar refractivity (Wildman–Crippen MR) is 68.5 cm³/mol. The van der Waals surface area contributed by atoms with Gasteiger partial charge in [0.05, 0.1) is 0 Å². The van der Waals surface area contributed by atoms with Crippen molar-refractivity contribution >= 4 is 0 Å². The van der Waals surface area contributed by atoms with Crippen molar-refractivity contribution in [2.45, 2.75) is 71.0 Å². The van der Waals surface area contributed by atoms with Crippen LogP contribution in [0.25, 0.3) is 0 Å². The Labute approximate surface area is 109 Å². The lowest BCUT2D eigenvalue weighted by atomic mass is 9.89. The van der Waals surface area contributed by atoms with Gasteiger partial charge in [-0.25, -0.2) is 0 Å². The molecule has 1 saturated carbocycles. The Balaban J connectivity index is 2.16. The van der Waals surface area contributed by atoms with Gasteiger partial charge < -0.3 is 5.32 Å². The van der Waals surface area contributed by atoms with Gasteiger partial charge in [-0.2, -0.15) is 13.2 Å². The van der Waals surface area contributed by atoms with Gasteiger partial charge in [0.1, 0.15) is 0 Å². The molecule has 0 bridgehead atoms. The average molecular weight is 265 g/mol. The molecule has 2 atom stereocenters. The highest BCUT2D eigenvalue weighted by Crippen LogP contribution is 2.29. The summed E-state index contributed by atoms with van der Waals surface area (Å²) in [5.74, 6) is 1.53. The molecule has 0 aliphatic heterocycles. The van der Waals surface area contributed by atoms with Crippen LogP contribution in [-0.2, 0) is 0 Å². The molecule has 0 aromatic heterocycles. The van der Waals surface area contributed by atoms with Crippen molar-refractivity contribution in [3.05, 3.63) is 0 Å². The second-order valence-corrected chi connectivity index (χ2v) is 5.88.